The minimum atomic E-state index is -4.30. The maximum Gasteiger partial charge on any atom is 0.416 e. The molecule has 1 aliphatic heterocycles. The van der Waals surface area contributed by atoms with E-state index >= 15 is 0 Å². The van der Waals surface area contributed by atoms with Gasteiger partial charge >= 0.3 is 6.18 Å². The van der Waals surface area contributed by atoms with Gasteiger partial charge in [-0.05, 0) is 30.7 Å². The minimum absolute atomic E-state index is 0.578. The second-order valence-electron chi connectivity index (χ2n) is 8.55. The van der Waals surface area contributed by atoms with Crippen LogP contribution in [0.4, 0.5) is 18.9 Å². The number of aryl methyl sites for hydroxylation is 1. The molecule has 0 atom stereocenters. The van der Waals surface area contributed by atoms with Crippen LogP contribution in [-0.4, -0.2) is 49.2 Å². The van der Waals surface area contributed by atoms with Gasteiger partial charge in [0, 0.05) is 56.9 Å². The molecule has 0 radical (unpaired) electrons. The number of aromatic nitrogens is 1. The Hall–Kier alpha value is -2.84. The zero-order valence-corrected chi connectivity index (χ0v) is 19.4. The number of halogens is 3. The van der Waals surface area contributed by atoms with Crippen molar-refractivity contribution < 1.29 is 17.6 Å². The van der Waals surface area contributed by atoms with Crippen LogP contribution < -0.4 is 10.2 Å². The van der Waals surface area contributed by atoms with Gasteiger partial charge in [0.2, 0.25) is 5.89 Å². The SMILES string of the molecule is CCCc1oc(CNCCN2CCN(c3ccc(C(F)(F)F)cc3)CC2)nc1-c1ccccc1. The van der Waals surface area contributed by atoms with Crippen molar-refractivity contribution in [1.29, 1.82) is 0 Å². The maximum atomic E-state index is 12.8. The van der Waals surface area contributed by atoms with Gasteiger partial charge in [-0.3, -0.25) is 4.90 Å². The summed E-state index contributed by atoms with van der Waals surface area (Å²) in [6, 6.07) is 15.6. The molecular formula is C26H31F3N4O. The molecule has 34 heavy (non-hydrogen) atoms. The molecule has 1 fully saturated rings. The second kappa shape index (κ2) is 11.1. The van der Waals surface area contributed by atoms with E-state index < -0.39 is 11.7 Å². The first-order chi connectivity index (χ1) is 16.4. The van der Waals surface area contributed by atoms with E-state index in [1.165, 1.54) is 0 Å². The number of nitrogens with zero attached hydrogens (tertiary/aromatic N) is 3. The third-order valence-electron chi connectivity index (χ3n) is 6.08. The molecule has 1 aromatic heterocycles. The molecule has 0 amide bonds. The number of benzene rings is 2. The van der Waals surface area contributed by atoms with E-state index in [1.807, 2.05) is 18.2 Å². The predicted molar refractivity (Wildman–Crippen MR) is 128 cm³/mol. The summed E-state index contributed by atoms with van der Waals surface area (Å²) in [6.45, 7) is 7.77. The van der Waals surface area contributed by atoms with Crippen molar-refractivity contribution in [2.75, 3.05) is 44.2 Å². The molecule has 1 saturated heterocycles. The number of hydrogen-bond donors (Lipinski definition) is 1. The molecule has 0 spiro atoms. The van der Waals surface area contributed by atoms with Crippen LogP contribution in [0.3, 0.4) is 0 Å². The van der Waals surface area contributed by atoms with Crippen molar-refractivity contribution in [3.05, 3.63) is 71.8 Å². The third-order valence-corrected chi connectivity index (χ3v) is 6.08. The summed E-state index contributed by atoms with van der Waals surface area (Å²) in [5.41, 5.74) is 2.24. The molecule has 5 nitrogen and oxygen atoms in total. The van der Waals surface area contributed by atoms with Gasteiger partial charge in [0.15, 0.2) is 0 Å². The first-order valence-electron chi connectivity index (χ1n) is 11.8. The second-order valence-corrected chi connectivity index (χ2v) is 8.55. The minimum Gasteiger partial charge on any atom is -0.444 e. The molecule has 3 aromatic rings. The van der Waals surface area contributed by atoms with E-state index in [2.05, 4.69) is 34.2 Å². The molecule has 0 aliphatic carbocycles. The van der Waals surface area contributed by atoms with Crippen LogP contribution in [0.25, 0.3) is 11.3 Å². The summed E-state index contributed by atoms with van der Waals surface area (Å²) in [6.07, 6.45) is -2.43. The van der Waals surface area contributed by atoms with E-state index in [4.69, 9.17) is 9.40 Å². The summed E-state index contributed by atoms with van der Waals surface area (Å²) >= 11 is 0. The molecule has 8 heteroatoms. The van der Waals surface area contributed by atoms with E-state index in [0.717, 1.165) is 86.9 Å². The number of anilines is 1. The Labute approximate surface area is 198 Å². The molecule has 0 saturated carbocycles. The van der Waals surface area contributed by atoms with E-state index in [1.54, 1.807) is 12.1 Å². The highest BCUT2D eigenvalue weighted by Crippen LogP contribution is 2.30. The first kappa shape index (κ1) is 24.3. The zero-order valence-electron chi connectivity index (χ0n) is 19.4. The zero-order chi connectivity index (χ0) is 24.0. The van der Waals surface area contributed by atoms with E-state index in [0.29, 0.717) is 12.4 Å². The molecule has 1 aliphatic rings. The van der Waals surface area contributed by atoms with Crippen LogP contribution in [0.2, 0.25) is 0 Å². The van der Waals surface area contributed by atoms with Crippen LogP contribution >= 0.6 is 0 Å². The molecular weight excluding hydrogens is 441 g/mol. The highest BCUT2D eigenvalue weighted by Gasteiger charge is 2.30. The fraction of sp³-hybridized carbons (Fsp3) is 0.423. The fourth-order valence-electron chi connectivity index (χ4n) is 4.22. The van der Waals surface area contributed by atoms with Gasteiger partial charge < -0.3 is 14.6 Å². The van der Waals surface area contributed by atoms with Crippen molar-refractivity contribution in [3.8, 4) is 11.3 Å². The predicted octanol–water partition coefficient (Wildman–Crippen LogP) is 5.22. The Morgan fingerprint density at radius 3 is 2.32 bits per heavy atom. The van der Waals surface area contributed by atoms with Crippen molar-refractivity contribution in [2.45, 2.75) is 32.5 Å². The van der Waals surface area contributed by atoms with E-state index in [-0.39, 0.29) is 0 Å². The van der Waals surface area contributed by atoms with Crippen LogP contribution in [0, 0.1) is 0 Å². The largest absolute Gasteiger partial charge is 0.444 e. The highest BCUT2D eigenvalue weighted by molar-refractivity contribution is 5.61. The molecule has 0 bridgehead atoms. The van der Waals surface area contributed by atoms with Crippen molar-refractivity contribution in [2.24, 2.45) is 0 Å². The number of hydrogen-bond acceptors (Lipinski definition) is 5. The first-order valence-corrected chi connectivity index (χ1v) is 11.8. The normalized spacial score (nSPS) is 15.1. The smallest absolute Gasteiger partial charge is 0.416 e. The number of rotatable bonds is 9. The Kier molecular flexibility index (Phi) is 7.90. The van der Waals surface area contributed by atoms with Crippen molar-refractivity contribution in [3.63, 3.8) is 0 Å². The molecule has 4 rings (SSSR count). The lowest BCUT2D eigenvalue weighted by molar-refractivity contribution is -0.137. The Bertz CT molecular complexity index is 1030. The lowest BCUT2D eigenvalue weighted by Gasteiger charge is -2.36. The molecule has 0 unspecified atom stereocenters. The molecule has 2 heterocycles. The standard InChI is InChI=1S/C26H31F3N4O/c1-2-6-23-25(20-7-4-3-5-8-20)31-24(34-23)19-30-13-14-32-15-17-33(18-16-32)22-11-9-21(10-12-22)26(27,28)29/h3-5,7-12,30H,2,6,13-19H2,1H3. The van der Waals surface area contributed by atoms with Gasteiger partial charge in [-0.25, -0.2) is 4.98 Å². The summed E-state index contributed by atoms with van der Waals surface area (Å²) in [5, 5.41) is 3.43. The van der Waals surface area contributed by atoms with Crippen molar-refractivity contribution >= 4 is 5.69 Å². The average molecular weight is 473 g/mol. The van der Waals surface area contributed by atoms with Gasteiger partial charge in [-0.2, -0.15) is 13.2 Å². The Morgan fingerprint density at radius 1 is 0.971 bits per heavy atom. The lowest BCUT2D eigenvalue weighted by atomic mass is 10.1. The topological polar surface area (TPSA) is 44.5 Å². The summed E-state index contributed by atoms with van der Waals surface area (Å²) < 4.78 is 44.3. The van der Waals surface area contributed by atoms with Gasteiger partial charge in [0.1, 0.15) is 11.5 Å². The van der Waals surface area contributed by atoms with Crippen LogP contribution in [-0.2, 0) is 19.1 Å². The molecule has 182 valence electrons. The van der Waals surface area contributed by atoms with Crippen LogP contribution in [0.1, 0.15) is 30.6 Å². The number of piperazine rings is 1. The number of oxazole rings is 1. The van der Waals surface area contributed by atoms with Gasteiger partial charge in [-0.15, -0.1) is 0 Å². The summed E-state index contributed by atoms with van der Waals surface area (Å²) in [4.78, 5) is 9.23. The molecule has 1 N–H and O–H groups in total. The quantitative estimate of drug-likeness (QED) is 0.433. The van der Waals surface area contributed by atoms with Gasteiger partial charge in [0.25, 0.3) is 0 Å². The van der Waals surface area contributed by atoms with Crippen LogP contribution in [0.15, 0.2) is 59.0 Å². The summed E-state index contributed by atoms with van der Waals surface area (Å²) in [7, 11) is 0. The Morgan fingerprint density at radius 2 is 1.68 bits per heavy atom. The Balaban J connectivity index is 1.22. The van der Waals surface area contributed by atoms with Gasteiger partial charge in [-0.1, -0.05) is 37.3 Å². The average Bonchev–Trinajstić information content (AvgIpc) is 3.25. The lowest BCUT2D eigenvalue weighted by Crippen LogP contribution is -2.48. The number of alkyl halides is 3. The van der Waals surface area contributed by atoms with Crippen LogP contribution in [0.5, 0.6) is 0 Å². The maximum absolute atomic E-state index is 12.8. The summed E-state index contributed by atoms with van der Waals surface area (Å²) in [5.74, 6) is 1.64. The fourth-order valence-corrected chi connectivity index (χ4v) is 4.22. The molecule has 2 aromatic carbocycles. The highest BCUT2D eigenvalue weighted by atomic mass is 19.4. The number of nitrogens with one attached hydrogen (secondary N) is 1. The monoisotopic (exact) mass is 472 g/mol. The van der Waals surface area contributed by atoms with Crippen molar-refractivity contribution in [1.82, 2.24) is 15.2 Å². The van der Waals surface area contributed by atoms with Gasteiger partial charge in [0.05, 0.1) is 12.1 Å². The van der Waals surface area contributed by atoms with E-state index in [9.17, 15) is 13.2 Å². The third kappa shape index (κ3) is 6.18.